The first-order valence-electron chi connectivity index (χ1n) is 3.95. The lowest BCUT2D eigenvalue weighted by molar-refractivity contribution is 0.175. The molecule has 0 heterocycles. The van der Waals surface area contributed by atoms with Gasteiger partial charge in [0.2, 0.25) is 0 Å². The molecule has 70 valence electrons. The number of benzene rings is 1. The van der Waals surface area contributed by atoms with Gasteiger partial charge < -0.3 is 5.11 Å². The summed E-state index contributed by atoms with van der Waals surface area (Å²) in [7, 11) is 0. The van der Waals surface area contributed by atoms with Crippen LogP contribution in [0.3, 0.4) is 0 Å². The molecule has 2 rings (SSSR count). The molecule has 0 aromatic heterocycles. The number of hydrogen-bond acceptors (Lipinski definition) is 1. The van der Waals surface area contributed by atoms with Crippen LogP contribution < -0.4 is 0 Å². The molecule has 0 spiro atoms. The van der Waals surface area contributed by atoms with Crippen molar-refractivity contribution >= 4 is 15.9 Å². The van der Waals surface area contributed by atoms with Crippen LogP contribution >= 0.6 is 15.9 Å². The van der Waals surface area contributed by atoms with Gasteiger partial charge in [0, 0.05) is 5.56 Å². The van der Waals surface area contributed by atoms with Crippen molar-refractivity contribution in [1.29, 1.82) is 0 Å². The first kappa shape index (κ1) is 9.09. The van der Waals surface area contributed by atoms with Gasteiger partial charge in [-0.1, -0.05) is 0 Å². The van der Waals surface area contributed by atoms with Crippen LogP contribution in [0, 0.1) is 11.6 Å². The molecule has 0 bridgehead atoms. The molecule has 0 saturated carbocycles. The van der Waals surface area contributed by atoms with E-state index in [1.54, 1.807) is 0 Å². The molecular weight excluding hydrogens is 242 g/mol. The highest BCUT2D eigenvalue weighted by Gasteiger charge is 2.28. The largest absolute Gasteiger partial charge is 0.388 e. The first-order valence-corrected chi connectivity index (χ1v) is 4.75. The summed E-state index contributed by atoms with van der Waals surface area (Å²) in [6, 6.07) is 1.10. The standard InChI is InChI=1S/C9H7BrF2O/c10-5-3-6(11)4-1-2-7(13)8(4)9(5)12/h3,7,13H,1-2H2/t7-/m1/s1. The molecule has 4 heteroatoms. The Labute approximate surface area is 82.5 Å². The van der Waals surface area contributed by atoms with Crippen molar-refractivity contribution in [2.75, 3.05) is 0 Å². The lowest BCUT2D eigenvalue weighted by atomic mass is 10.1. The van der Waals surface area contributed by atoms with E-state index in [9.17, 15) is 13.9 Å². The summed E-state index contributed by atoms with van der Waals surface area (Å²) in [5, 5.41) is 9.38. The third-order valence-corrected chi connectivity index (χ3v) is 2.89. The molecule has 1 aromatic carbocycles. The minimum atomic E-state index is -0.859. The number of fused-ring (bicyclic) bond motifs is 1. The summed E-state index contributed by atoms with van der Waals surface area (Å²) in [4.78, 5) is 0. The van der Waals surface area contributed by atoms with Crippen LogP contribution in [0.4, 0.5) is 8.78 Å². The zero-order chi connectivity index (χ0) is 9.59. The van der Waals surface area contributed by atoms with Crippen LogP contribution in [-0.4, -0.2) is 5.11 Å². The maximum absolute atomic E-state index is 13.4. The van der Waals surface area contributed by atoms with Gasteiger partial charge in [-0.3, -0.25) is 0 Å². The lowest BCUT2D eigenvalue weighted by Crippen LogP contribution is -1.98. The number of aliphatic hydroxyl groups excluding tert-OH is 1. The van der Waals surface area contributed by atoms with Gasteiger partial charge in [0.05, 0.1) is 10.6 Å². The molecule has 1 aliphatic carbocycles. The van der Waals surface area contributed by atoms with Crippen molar-refractivity contribution in [3.63, 3.8) is 0 Å². The average molecular weight is 249 g/mol. The fraction of sp³-hybridized carbons (Fsp3) is 0.333. The van der Waals surface area contributed by atoms with Crippen molar-refractivity contribution in [2.24, 2.45) is 0 Å². The molecule has 13 heavy (non-hydrogen) atoms. The molecule has 1 N–H and O–H groups in total. The summed E-state index contributed by atoms with van der Waals surface area (Å²) in [5.41, 5.74) is 0.431. The maximum Gasteiger partial charge on any atom is 0.143 e. The SMILES string of the molecule is O[C@@H]1CCc2c(F)cc(Br)c(F)c21. The van der Waals surface area contributed by atoms with Crippen LogP contribution in [0.25, 0.3) is 0 Å². The zero-order valence-corrected chi connectivity index (χ0v) is 8.24. The van der Waals surface area contributed by atoms with Gasteiger partial charge in [0.1, 0.15) is 11.6 Å². The van der Waals surface area contributed by atoms with E-state index in [1.165, 1.54) is 0 Å². The van der Waals surface area contributed by atoms with Crippen molar-refractivity contribution < 1.29 is 13.9 Å². The van der Waals surface area contributed by atoms with Crippen LogP contribution in [0.2, 0.25) is 0 Å². The third kappa shape index (κ3) is 1.28. The second kappa shape index (κ2) is 3.03. The Morgan fingerprint density at radius 1 is 1.46 bits per heavy atom. The molecular formula is C9H7BrF2O. The summed E-state index contributed by atoms with van der Waals surface area (Å²) >= 11 is 2.90. The van der Waals surface area contributed by atoms with Gasteiger partial charge in [-0.25, -0.2) is 8.78 Å². The van der Waals surface area contributed by atoms with Crippen molar-refractivity contribution in [2.45, 2.75) is 18.9 Å². The minimum absolute atomic E-state index is 0.0738. The number of hydrogen-bond donors (Lipinski definition) is 1. The molecule has 1 aliphatic rings. The van der Waals surface area contributed by atoms with E-state index in [2.05, 4.69) is 15.9 Å². The predicted molar refractivity (Wildman–Crippen MR) is 47.3 cm³/mol. The molecule has 1 nitrogen and oxygen atoms in total. The second-order valence-corrected chi connectivity index (χ2v) is 3.96. The molecule has 1 atom stereocenters. The summed E-state index contributed by atoms with van der Waals surface area (Å²) < 4.78 is 26.6. The normalized spacial score (nSPS) is 20.5. The van der Waals surface area contributed by atoms with E-state index in [4.69, 9.17) is 0 Å². The van der Waals surface area contributed by atoms with E-state index in [1.807, 2.05) is 0 Å². The molecule has 0 fully saturated rings. The Bertz CT molecular complexity index is 365. The number of halogens is 3. The Morgan fingerprint density at radius 3 is 2.85 bits per heavy atom. The molecule has 1 aromatic rings. The van der Waals surface area contributed by atoms with Crippen molar-refractivity contribution in [3.05, 3.63) is 33.3 Å². The highest BCUT2D eigenvalue weighted by Crippen LogP contribution is 2.37. The molecule has 0 saturated heterocycles. The molecule has 0 amide bonds. The van der Waals surface area contributed by atoms with E-state index in [0.717, 1.165) is 6.07 Å². The van der Waals surface area contributed by atoms with Crippen LogP contribution in [0.15, 0.2) is 10.5 Å². The Morgan fingerprint density at radius 2 is 2.15 bits per heavy atom. The van der Waals surface area contributed by atoms with Gasteiger partial charge in [-0.15, -0.1) is 0 Å². The fourth-order valence-corrected chi connectivity index (χ4v) is 2.09. The van der Waals surface area contributed by atoms with Gasteiger partial charge in [-0.2, -0.15) is 0 Å². The Kier molecular flexibility index (Phi) is 2.12. The van der Waals surface area contributed by atoms with E-state index in [0.29, 0.717) is 18.4 Å². The van der Waals surface area contributed by atoms with Gasteiger partial charge >= 0.3 is 0 Å². The fourth-order valence-electron chi connectivity index (χ4n) is 1.68. The second-order valence-electron chi connectivity index (χ2n) is 3.10. The van der Waals surface area contributed by atoms with E-state index < -0.39 is 17.7 Å². The quantitative estimate of drug-likeness (QED) is 0.701. The van der Waals surface area contributed by atoms with Gasteiger partial charge in [-0.05, 0) is 40.4 Å². The Balaban J connectivity index is 2.70. The lowest BCUT2D eigenvalue weighted by Gasteiger charge is -2.07. The third-order valence-electron chi connectivity index (χ3n) is 2.31. The minimum Gasteiger partial charge on any atom is -0.388 e. The van der Waals surface area contributed by atoms with E-state index >= 15 is 0 Å². The smallest absolute Gasteiger partial charge is 0.143 e. The molecule has 0 unspecified atom stereocenters. The average Bonchev–Trinajstić information content (AvgIpc) is 2.44. The maximum atomic E-state index is 13.4. The van der Waals surface area contributed by atoms with Crippen LogP contribution in [-0.2, 0) is 6.42 Å². The summed E-state index contributed by atoms with van der Waals surface area (Å²) in [5.74, 6) is -0.985. The Hall–Kier alpha value is -0.480. The van der Waals surface area contributed by atoms with Crippen molar-refractivity contribution in [1.82, 2.24) is 0 Å². The topological polar surface area (TPSA) is 20.2 Å². The highest BCUT2D eigenvalue weighted by atomic mass is 79.9. The molecule has 0 aliphatic heterocycles. The molecule has 0 radical (unpaired) electrons. The number of aliphatic hydroxyl groups is 1. The van der Waals surface area contributed by atoms with Crippen LogP contribution in [0.1, 0.15) is 23.7 Å². The first-order chi connectivity index (χ1) is 6.11. The van der Waals surface area contributed by atoms with Crippen molar-refractivity contribution in [3.8, 4) is 0 Å². The monoisotopic (exact) mass is 248 g/mol. The summed E-state index contributed by atoms with van der Waals surface area (Å²) in [6.07, 6.45) is -0.0476. The summed E-state index contributed by atoms with van der Waals surface area (Å²) in [6.45, 7) is 0. The van der Waals surface area contributed by atoms with Gasteiger partial charge in [0.15, 0.2) is 0 Å². The zero-order valence-electron chi connectivity index (χ0n) is 6.65. The highest BCUT2D eigenvalue weighted by molar-refractivity contribution is 9.10. The predicted octanol–water partition coefficient (Wildman–Crippen LogP) is 2.71. The number of rotatable bonds is 0. The van der Waals surface area contributed by atoms with E-state index in [-0.39, 0.29) is 10.0 Å². The van der Waals surface area contributed by atoms with Gasteiger partial charge in [0.25, 0.3) is 0 Å². The van der Waals surface area contributed by atoms with Crippen LogP contribution in [0.5, 0.6) is 0 Å².